The van der Waals surface area contributed by atoms with Crippen LogP contribution in [-0.2, 0) is 10.0 Å². The molecule has 2 aromatic carbocycles. The molecule has 1 aromatic heterocycles. The van der Waals surface area contributed by atoms with E-state index in [1.165, 1.54) is 18.2 Å². The molecule has 0 aliphatic carbocycles. The van der Waals surface area contributed by atoms with Gasteiger partial charge < -0.3 is 10.2 Å². The summed E-state index contributed by atoms with van der Waals surface area (Å²) in [5.74, 6) is -2.20. The molecule has 3 aromatic rings. The zero-order valence-corrected chi connectivity index (χ0v) is 19.5. The summed E-state index contributed by atoms with van der Waals surface area (Å²) in [5.41, 5.74) is 7.72. The molecule has 1 amide bonds. The lowest BCUT2D eigenvalue weighted by molar-refractivity contribution is 0.0997. The molecule has 0 fully saturated rings. The number of amides is 1. The number of sulfonamides is 1. The fraction of sp³-hybridized carbons (Fsp3) is 0.286. The summed E-state index contributed by atoms with van der Waals surface area (Å²) >= 11 is 4.93. The Morgan fingerprint density at radius 3 is 2.53 bits per heavy atom. The first kappa shape index (κ1) is 23.8. The zero-order valence-electron chi connectivity index (χ0n) is 17.9. The molecule has 1 heterocycles. The van der Waals surface area contributed by atoms with Crippen LogP contribution in [0.2, 0.25) is 0 Å². The highest BCUT2D eigenvalue weighted by atomic mass is 32.2. The highest BCUT2D eigenvalue weighted by Crippen LogP contribution is 2.36. The molecule has 0 aliphatic heterocycles. The standard InChI is InChI=1S/C21H23FN4O4S2/c1-10-5-8-16(14(9-10)19(23)27)32(28,29)26-18(20-24-25-21(31)30-20)13(4)17-12(3)11(2)6-7-15(17)22/h5-9,13,18,26H,1-4H3,(H2,23,27)(H,25,31)/t13-,18+/m1/s1. The monoisotopic (exact) mass is 478 g/mol. The number of aryl methyl sites for hydroxylation is 2. The van der Waals surface area contributed by atoms with E-state index in [9.17, 15) is 17.6 Å². The number of benzene rings is 2. The van der Waals surface area contributed by atoms with Crippen LogP contribution in [0, 0.1) is 31.4 Å². The second-order valence-corrected chi connectivity index (χ2v) is 9.66. The Morgan fingerprint density at radius 1 is 1.25 bits per heavy atom. The van der Waals surface area contributed by atoms with Crippen LogP contribution in [0.5, 0.6) is 0 Å². The summed E-state index contributed by atoms with van der Waals surface area (Å²) in [4.78, 5) is 11.5. The summed E-state index contributed by atoms with van der Waals surface area (Å²) in [6.07, 6.45) is 0. The first-order chi connectivity index (χ1) is 14.9. The van der Waals surface area contributed by atoms with Crippen LogP contribution < -0.4 is 10.5 Å². The summed E-state index contributed by atoms with van der Waals surface area (Å²) in [6.45, 7) is 6.94. The fourth-order valence-corrected chi connectivity index (χ4v) is 5.17. The number of H-pyrrole nitrogens is 1. The van der Waals surface area contributed by atoms with E-state index in [1.54, 1.807) is 32.9 Å². The molecule has 32 heavy (non-hydrogen) atoms. The van der Waals surface area contributed by atoms with Crippen LogP contribution in [0.25, 0.3) is 0 Å². The Labute approximate surface area is 190 Å². The van der Waals surface area contributed by atoms with Crippen LogP contribution >= 0.6 is 12.2 Å². The van der Waals surface area contributed by atoms with Gasteiger partial charge in [-0.3, -0.25) is 4.79 Å². The van der Waals surface area contributed by atoms with Gasteiger partial charge in [0.05, 0.1) is 10.5 Å². The number of aromatic nitrogens is 2. The maximum atomic E-state index is 14.8. The Balaban J connectivity index is 2.14. The summed E-state index contributed by atoms with van der Waals surface area (Å²) in [5, 5.41) is 6.41. The minimum Gasteiger partial charge on any atom is -0.412 e. The number of hydrogen-bond donors (Lipinski definition) is 3. The predicted octanol–water partition coefficient (Wildman–Crippen LogP) is 3.72. The Bertz CT molecular complexity index is 1350. The van der Waals surface area contributed by atoms with Gasteiger partial charge in [0.2, 0.25) is 21.8 Å². The van der Waals surface area contributed by atoms with E-state index in [0.29, 0.717) is 16.7 Å². The highest BCUT2D eigenvalue weighted by molar-refractivity contribution is 7.89. The number of primary amides is 1. The molecule has 0 aliphatic rings. The first-order valence-electron chi connectivity index (χ1n) is 9.66. The summed E-state index contributed by atoms with van der Waals surface area (Å²) in [7, 11) is -4.30. The molecule has 0 saturated carbocycles. The van der Waals surface area contributed by atoms with Crippen molar-refractivity contribution < 1.29 is 22.0 Å². The average molecular weight is 479 g/mol. The smallest absolute Gasteiger partial charge is 0.284 e. The molecule has 0 radical (unpaired) electrons. The maximum absolute atomic E-state index is 14.8. The lowest BCUT2D eigenvalue weighted by atomic mass is 9.88. The molecule has 0 unspecified atom stereocenters. The number of nitrogens with two attached hydrogens (primary N) is 1. The lowest BCUT2D eigenvalue weighted by Crippen LogP contribution is -2.34. The topological polar surface area (TPSA) is 131 Å². The molecule has 0 saturated heterocycles. The number of aromatic amines is 1. The molecule has 8 nitrogen and oxygen atoms in total. The molecular formula is C21H23FN4O4S2. The van der Waals surface area contributed by atoms with Gasteiger partial charge in [-0.25, -0.2) is 17.9 Å². The molecule has 3 rings (SSSR count). The summed E-state index contributed by atoms with van der Waals surface area (Å²) in [6, 6.07) is 6.06. The number of rotatable bonds is 7. The van der Waals surface area contributed by atoms with Gasteiger partial charge in [-0.2, -0.15) is 4.72 Å². The van der Waals surface area contributed by atoms with Gasteiger partial charge in [-0.15, -0.1) is 5.10 Å². The first-order valence-corrected chi connectivity index (χ1v) is 11.5. The van der Waals surface area contributed by atoms with Crippen LogP contribution in [0.1, 0.15) is 57.4 Å². The fourth-order valence-electron chi connectivity index (χ4n) is 3.57. The molecule has 4 N–H and O–H groups in total. The third kappa shape index (κ3) is 4.64. The van der Waals surface area contributed by atoms with Crippen LogP contribution in [0.3, 0.4) is 0 Å². The molecule has 170 valence electrons. The van der Waals surface area contributed by atoms with Crippen molar-refractivity contribution in [1.29, 1.82) is 0 Å². The molecule has 11 heteroatoms. The van der Waals surface area contributed by atoms with E-state index in [2.05, 4.69) is 14.9 Å². The van der Waals surface area contributed by atoms with E-state index in [0.717, 1.165) is 5.56 Å². The van der Waals surface area contributed by atoms with Crippen molar-refractivity contribution in [3.8, 4) is 0 Å². The number of halogens is 1. The van der Waals surface area contributed by atoms with E-state index in [1.807, 2.05) is 6.92 Å². The average Bonchev–Trinajstić information content (AvgIpc) is 3.15. The largest absolute Gasteiger partial charge is 0.412 e. The minimum absolute atomic E-state index is 0.0639. The van der Waals surface area contributed by atoms with Crippen molar-refractivity contribution in [2.75, 3.05) is 0 Å². The van der Waals surface area contributed by atoms with Crippen molar-refractivity contribution in [2.24, 2.45) is 5.73 Å². The maximum Gasteiger partial charge on any atom is 0.284 e. The predicted molar refractivity (Wildman–Crippen MR) is 119 cm³/mol. The van der Waals surface area contributed by atoms with Crippen LogP contribution in [0.15, 0.2) is 39.6 Å². The Kier molecular flexibility index (Phi) is 6.63. The van der Waals surface area contributed by atoms with Gasteiger partial charge >= 0.3 is 0 Å². The van der Waals surface area contributed by atoms with E-state index in [4.69, 9.17) is 22.4 Å². The Morgan fingerprint density at radius 2 is 1.94 bits per heavy atom. The van der Waals surface area contributed by atoms with E-state index in [-0.39, 0.29) is 21.2 Å². The van der Waals surface area contributed by atoms with E-state index < -0.39 is 33.7 Å². The summed E-state index contributed by atoms with van der Waals surface area (Å²) < 4.78 is 49.3. The molecule has 2 atom stereocenters. The number of carbonyl (C=O) groups excluding carboxylic acids is 1. The van der Waals surface area contributed by atoms with Gasteiger partial charge in [-0.05, 0) is 67.9 Å². The molecule has 0 bridgehead atoms. The molecular weight excluding hydrogens is 455 g/mol. The van der Waals surface area contributed by atoms with Gasteiger partial charge in [0.1, 0.15) is 11.9 Å². The zero-order chi connectivity index (χ0) is 23.8. The second kappa shape index (κ2) is 8.93. The normalized spacial score (nSPS) is 13.7. The number of nitrogens with zero attached hydrogens (tertiary/aromatic N) is 1. The second-order valence-electron chi connectivity index (χ2n) is 7.61. The van der Waals surface area contributed by atoms with Crippen molar-refractivity contribution in [2.45, 2.75) is 44.6 Å². The lowest BCUT2D eigenvalue weighted by Gasteiger charge is -2.25. The molecule has 0 spiro atoms. The Hall–Kier alpha value is -2.89. The number of hydrogen-bond acceptors (Lipinski definition) is 6. The van der Waals surface area contributed by atoms with Gasteiger partial charge in [0, 0.05) is 5.92 Å². The van der Waals surface area contributed by atoms with Crippen molar-refractivity contribution in [1.82, 2.24) is 14.9 Å². The van der Waals surface area contributed by atoms with Crippen LogP contribution in [-0.4, -0.2) is 24.5 Å². The third-order valence-corrected chi connectivity index (χ3v) is 7.05. The van der Waals surface area contributed by atoms with Gasteiger partial charge in [0.15, 0.2) is 0 Å². The van der Waals surface area contributed by atoms with Gasteiger partial charge in [-0.1, -0.05) is 24.6 Å². The van der Waals surface area contributed by atoms with Gasteiger partial charge in [0.25, 0.3) is 4.84 Å². The van der Waals surface area contributed by atoms with Crippen molar-refractivity contribution in [3.05, 3.63) is 74.7 Å². The van der Waals surface area contributed by atoms with Crippen molar-refractivity contribution >= 4 is 28.1 Å². The number of carbonyl (C=O) groups is 1. The third-order valence-electron chi connectivity index (χ3n) is 5.38. The quantitative estimate of drug-likeness (QED) is 0.444. The number of nitrogens with one attached hydrogen (secondary N) is 2. The minimum atomic E-state index is -4.30. The van der Waals surface area contributed by atoms with Crippen LogP contribution in [0.4, 0.5) is 4.39 Å². The SMILES string of the molecule is Cc1ccc(S(=O)(=O)N[C@H](c2n[nH]c(=S)o2)[C@H](C)c2c(F)ccc(C)c2C)c(C(N)=O)c1. The highest BCUT2D eigenvalue weighted by Gasteiger charge is 2.34. The van der Waals surface area contributed by atoms with Crippen molar-refractivity contribution in [3.63, 3.8) is 0 Å². The van der Waals surface area contributed by atoms with E-state index >= 15 is 0 Å².